The maximum absolute atomic E-state index is 12.9. The van der Waals surface area contributed by atoms with Crippen LogP contribution >= 0.6 is 0 Å². The van der Waals surface area contributed by atoms with Crippen molar-refractivity contribution in [2.45, 2.75) is 31.3 Å². The highest BCUT2D eigenvalue weighted by molar-refractivity contribution is 5.76. The van der Waals surface area contributed by atoms with Crippen LogP contribution in [-0.4, -0.2) is 65.8 Å². The van der Waals surface area contributed by atoms with Gasteiger partial charge in [0, 0.05) is 19.4 Å². The van der Waals surface area contributed by atoms with Crippen molar-refractivity contribution < 1.29 is 14.3 Å². The molecule has 4 heterocycles. The van der Waals surface area contributed by atoms with Gasteiger partial charge in [0.1, 0.15) is 5.82 Å². The van der Waals surface area contributed by atoms with Crippen molar-refractivity contribution in [3.05, 3.63) is 5.56 Å². The van der Waals surface area contributed by atoms with Gasteiger partial charge < -0.3 is 31.2 Å². The molecule has 0 radical (unpaired) electrons. The highest BCUT2D eigenvalue weighted by atomic mass is 16.6. The van der Waals surface area contributed by atoms with Gasteiger partial charge in [0.25, 0.3) is 0 Å². The molecular formula is C17H26N6O3. The van der Waals surface area contributed by atoms with Crippen LogP contribution in [0.15, 0.2) is 0 Å². The van der Waals surface area contributed by atoms with Crippen molar-refractivity contribution in [1.29, 1.82) is 0 Å². The van der Waals surface area contributed by atoms with Crippen molar-refractivity contribution in [2.75, 3.05) is 50.9 Å². The highest BCUT2D eigenvalue weighted by Gasteiger charge is 2.45. The van der Waals surface area contributed by atoms with Crippen LogP contribution in [0.25, 0.3) is 0 Å². The van der Waals surface area contributed by atoms with Crippen LogP contribution in [0.4, 0.5) is 11.8 Å². The first kappa shape index (κ1) is 17.3. The zero-order chi connectivity index (χ0) is 18.1. The Labute approximate surface area is 152 Å². The number of rotatable bonds is 2. The van der Waals surface area contributed by atoms with Crippen LogP contribution in [0, 0.1) is 5.92 Å². The standard InChI is InChI=1S/C17H26N6O3/c18-14-12-8-17(26-15(12)22-16(19)21-14)9-23(5-6-25-10-17)13(24)7-11-1-3-20-4-2-11/h11,20H,1-10H2,(H4,18,19,21,22). The van der Waals surface area contributed by atoms with Gasteiger partial charge >= 0.3 is 0 Å². The van der Waals surface area contributed by atoms with Gasteiger partial charge in [0.2, 0.25) is 17.7 Å². The van der Waals surface area contributed by atoms with Gasteiger partial charge in [0.05, 0.1) is 25.3 Å². The van der Waals surface area contributed by atoms with E-state index in [1.165, 1.54) is 0 Å². The largest absolute Gasteiger partial charge is 0.466 e. The van der Waals surface area contributed by atoms with E-state index in [2.05, 4.69) is 15.3 Å². The number of aromatic nitrogens is 2. The maximum atomic E-state index is 12.9. The molecule has 1 unspecified atom stereocenters. The van der Waals surface area contributed by atoms with E-state index in [4.69, 9.17) is 20.9 Å². The SMILES string of the molecule is Nc1nc(N)c2c(n1)OC1(COCCN(C(=O)CC3CCNCC3)C1)C2. The van der Waals surface area contributed by atoms with Crippen molar-refractivity contribution >= 4 is 17.7 Å². The molecule has 1 atom stereocenters. The molecule has 0 saturated carbocycles. The molecule has 5 N–H and O–H groups in total. The molecule has 3 aliphatic rings. The number of ether oxygens (including phenoxy) is 2. The van der Waals surface area contributed by atoms with Gasteiger partial charge in [-0.1, -0.05) is 0 Å². The number of nitrogen functional groups attached to an aromatic ring is 2. The van der Waals surface area contributed by atoms with Crippen molar-refractivity contribution in [1.82, 2.24) is 20.2 Å². The summed E-state index contributed by atoms with van der Waals surface area (Å²) in [6, 6.07) is 0. The van der Waals surface area contributed by atoms with Gasteiger partial charge in [-0.3, -0.25) is 4.79 Å². The number of hydrogen-bond donors (Lipinski definition) is 3. The van der Waals surface area contributed by atoms with Crippen LogP contribution in [-0.2, 0) is 16.0 Å². The summed E-state index contributed by atoms with van der Waals surface area (Å²) in [5.41, 5.74) is 11.7. The number of nitrogens with two attached hydrogens (primary N) is 2. The first-order valence-corrected chi connectivity index (χ1v) is 9.22. The van der Waals surface area contributed by atoms with Crippen LogP contribution in [0.2, 0.25) is 0 Å². The third-order valence-electron chi connectivity index (χ3n) is 5.45. The van der Waals surface area contributed by atoms with Crippen LogP contribution < -0.4 is 21.5 Å². The second-order valence-electron chi connectivity index (χ2n) is 7.48. The third kappa shape index (κ3) is 3.41. The molecule has 0 bridgehead atoms. The van der Waals surface area contributed by atoms with E-state index in [1.54, 1.807) is 0 Å². The molecule has 2 fully saturated rings. The average molecular weight is 362 g/mol. The summed E-state index contributed by atoms with van der Waals surface area (Å²) in [6.45, 7) is 3.91. The number of nitrogens with zero attached hydrogens (tertiary/aromatic N) is 3. The normalized spacial score (nSPS) is 26.4. The molecular weight excluding hydrogens is 336 g/mol. The Morgan fingerprint density at radius 3 is 2.92 bits per heavy atom. The van der Waals surface area contributed by atoms with E-state index in [1.807, 2.05) is 4.90 Å². The Kier molecular flexibility index (Phi) is 4.58. The number of fused-ring (bicyclic) bond motifs is 1. The van der Waals surface area contributed by atoms with E-state index in [0.29, 0.717) is 56.8 Å². The minimum atomic E-state index is -0.667. The van der Waals surface area contributed by atoms with E-state index in [-0.39, 0.29) is 11.9 Å². The topological polar surface area (TPSA) is 129 Å². The van der Waals surface area contributed by atoms with Crippen molar-refractivity contribution in [3.63, 3.8) is 0 Å². The summed E-state index contributed by atoms with van der Waals surface area (Å²) in [5.74, 6) is 1.45. The molecule has 26 heavy (non-hydrogen) atoms. The summed E-state index contributed by atoms with van der Waals surface area (Å²) >= 11 is 0. The Bertz CT molecular complexity index is 693. The number of anilines is 2. The molecule has 9 nitrogen and oxygen atoms in total. The molecule has 3 aliphatic heterocycles. The van der Waals surface area contributed by atoms with E-state index < -0.39 is 5.60 Å². The minimum Gasteiger partial charge on any atom is -0.466 e. The first-order chi connectivity index (χ1) is 12.5. The number of carbonyl (C=O) groups is 1. The molecule has 1 aromatic heterocycles. The first-order valence-electron chi connectivity index (χ1n) is 9.22. The van der Waals surface area contributed by atoms with Crippen molar-refractivity contribution in [2.24, 2.45) is 5.92 Å². The molecule has 9 heteroatoms. The van der Waals surface area contributed by atoms with Crippen LogP contribution in [0.1, 0.15) is 24.8 Å². The zero-order valence-electron chi connectivity index (χ0n) is 14.9. The smallest absolute Gasteiger partial charge is 0.225 e. The lowest BCUT2D eigenvalue weighted by Gasteiger charge is -2.32. The summed E-state index contributed by atoms with van der Waals surface area (Å²) in [4.78, 5) is 22.9. The summed E-state index contributed by atoms with van der Waals surface area (Å²) in [5, 5.41) is 3.34. The fourth-order valence-corrected chi connectivity index (χ4v) is 4.06. The summed E-state index contributed by atoms with van der Waals surface area (Å²) in [7, 11) is 0. The molecule has 1 spiro atoms. The highest BCUT2D eigenvalue weighted by Crippen LogP contribution is 2.38. The molecule has 2 saturated heterocycles. The Hall–Kier alpha value is -2.13. The molecule has 0 aromatic carbocycles. The predicted molar refractivity (Wildman–Crippen MR) is 95.5 cm³/mol. The number of hydrogen-bond acceptors (Lipinski definition) is 8. The van der Waals surface area contributed by atoms with E-state index >= 15 is 0 Å². The fraction of sp³-hybridized carbons (Fsp3) is 0.706. The molecule has 142 valence electrons. The summed E-state index contributed by atoms with van der Waals surface area (Å²) in [6.07, 6.45) is 3.20. The molecule has 1 amide bonds. The lowest BCUT2D eigenvalue weighted by molar-refractivity contribution is -0.134. The number of piperidine rings is 1. The molecule has 1 aromatic rings. The Morgan fingerprint density at radius 1 is 1.31 bits per heavy atom. The molecule has 4 rings (SSSR count). The van der Waals surface area contributed by atoms with Crippen LogP contribution in [0.3, 0.4) is 0 Å². The van der Waals surface area contributed by atoms with Gasteiger partial charge in [-0.25, -0.2) is 0 Å². The minimum absolute atomic E-state index is 0.0895. The quantitative estimate of drug-likeness (QED) is 0.646. The van der Waals surface area contributed by atoms with Gasteiger partial charge in [-0.05, 0) is 31.8 Å². The monoisotopic (exact) mass is 362 g/mol. The maximum Gasteiger partial charge on any atom is 0.225 e. The van der Waals surface area contributed by atoms with Gasteiger partial charge in [-0.2, -0.15) is 9.97 Å². The van der Waals surface area contributed by atoms with Gasteiger partial charge in [0.15, 0.2) is 5.60 Å². The fourth-order valence-electron chi connectivity index (χ4n) is 4.06. The average Bonchev–Trinajstić information content (AvgIpc) is 2.83. The van der Waals surface area contributed by atoms with Crippen molar-refractivity contribution in [3.8, 4) is 5.88 Å². The van der Waals surface area contributed by atoms with Gasteiger partial charge in [-0.15, -0.1) is 0 Å². The zero-order valence-corrected chi connectivity index (χ0v) is 14.9. The third-order valence-corrected chi connectivity index (χ3v) is 5.45. The number of amides is 1. The second kappa shape index (κ2) is 6.88. The predicted octanol–water partition coefficient (Wildman–Crippen LogP) is -0.437. The van der Waals surface area contributed by atoms with Crippen LogP contribution in [0.5, 0.6) is 5.88 Å². The molecule has 0 aliphatic carbocycles. The lowest BCUT2D eigenvalue weighted by Crippen LogP contribution is -2.50. The van der Waals surface area contributed by atoms with E-state index in [9.17, 15) is 4.79 Å². The Balaban J connectivity index is 1.48. The lowest BCUT2D eigenvalue weighted by atomic mass is 9.93. The number of carbonyl (C=O) groups excluding carboxylic acids is 1. The second-order valence-corrected chi connectivity index (χ2v) is 7.48. The van der Waals surface area contributed by atoms with E-state index in [0.717, 1.165) is 31.5 Å². The number of nitrogens with one attached hydrogen (secondary N) is 1. The summed E-state index contributed by atoms with van der Waals surface area (Å²) < 4.78 is 11.9. The Morgan fingerprint density at radius 2 is 2.12 bits per heavy atom.